The number of nitrogens with zero attached hydrogens (tertiary/aromatic N) is 1. The Kier molecular flexibility index (Phi) is 5.67. The first-order valence-corrected chi connectivity index (χ1v) is 8.23. The van der Waals surface area contributed by atoms with Gasteiger partial charge in [-0.25, -0.2) is 0 Å². The number of likely N-dealkylation sites (N-methyl/N-ethyl adjacent to an activating group) is 1. The quantitative estimate of drug-likeness (QED) is 0.833. The van der Waals surface area contributed by atoms with Gasteiger partial charge in [0.2, 0.25) is 0 Å². The molecule has 1 aliphatic carbocycles. The lowest BCUT2D eigenvalue weighted by Crippen LogP contribution is -2.51. The van der Waals surface area contributed by atoms with E-state index >= 15 is 0 Å². The van der Waals surface area contributed by atoms with Crippen LogP contribution in [0.3, 0.4) is 0 Å². The van der Waals surface area contributed by atoms with Crippen LogP contribution in [0.1, 0.15) is 58.8 Å². The minimum absolute atomic E-state index is 0.355. The van der Waals surface area contributed by atoms with E-state index in [9.17, 15) is 0 Å². The van der Waals surface area contributed by atoms with Crippen molar-refractivity contribution in [3.8, 4) is 0 Å². The second kappa shape index (κ2) is 7.05. The first-order chi connectivity index (χ1) is 9.15. The van der Waals surface area contributed by atoms with Crippen molar-refractivity contribution in [2.75, 3.05) is 13.6 Å². The molecule has 0 aromatic rings. The van der Waals surface area contributed by atoms with E-state index in [-0.39, 0.29) is 0 Å². The highest BCUT2D eigenvalue weighted by atomic mass is 16.5. The first kappa shape index (κ1) is 15.3. The highest BCUT2D eigenvalue weighted by Gasteiger charge is 2.34. The van der Waals surface area contributed by atoms with Crippen molar-refractivity contribution < 1.29 is 4.74 Å². The summed E-state index contributed by atoms with van der Waals surface area (Å²) in [4.78, 5) is 2.54. The van der Waals surface area contributed by atoms with Gasteiger partial charge in [-0.15, -0.1) is 0 Å². The van der Waals surface area contributed by atoms with Crippen molar-refractivity contribution >= 4 is 0 Å². The number of nitrogens with two attached hydrogens (primary N) is 1. The average Bonchev–Trinajstić information content (AvgIpc) is 2.86. The van der Waals surface area contributed by atoms with Gasteiger partial charge in [0.15, 0.2) is 0 Å². The first-order valence-electron chi connectivity index (χ1n) is 8.23. The Bertz CT molecular complexity index is 263. The van der Waals surface area contributed by atoms with Crippen LogP contribution in [0.2, 0.25) is 0 Å². The fraction of sp³-hybridized carbons (Fsp3) is 1.00. The van der Waals surface area contributed by atoms with Gasteiger partial charge in [-0.3, -0.25) is 4.90 Å². The van der Waals surface area contributed by atoms with Crippen LogP contribution in [0.15, 0.2) is 0 Å². The third-order valence-electron chi connectivity index (χ3n) is 5.43. The van der Waals surface area contributed by atoms with Crippen LogP contribution in [0, 0.1) is 5.92 Å². The lowest BCUT2D eigenvalue weighted by Gasteiger charge is -2.40. The molecule has 1 saturated carbocycles. The smallest absolute Gasteiger partial charge is 0.0747 e. The summed E-state index contributed by atoms with van der Waals surface area (Å²) in [5, 5.41) is 0. The molecule has 112 valence electrons. The molecule has 1 aliphatic heterocycles. The molecule has 0 amide bonds. The zero-order valence-electron chi connectivity index (χ0n) is 13.0. The summed E-state index contributed by atoms with van der Waals surface area (Å²) in [5.74, 6) is 0.962. The number of rotatable bonds is 5. The summed E-state index contributed by atoms with van der Waals surface area (Å²) >= 11 is 0. The predicted octanol–water partition coefficient (Wildman–Crippen LogP) is 2.78. The monoisotopic (exact) mass is 268 g/mol. The number of hydrogen-bond donors (Lipinski definition) is 1. The van der Waals surface area contributed by atoms with Crippen molar-refractivity contribution in [3.05, 3.63) is 0 Å². The summed E-state index contributed by atoms with van der Waals surface area (Å²) < 4.78 is 6.05. The van der Waals surface area contributed by atoms with Gasteiger partial charge in [0.25, 0.3) is 0 Å². The molecule has 3 nitrogen and oxygen atoms in total. The maximum Gasteiger partial charge on any atom is 0.0747 e. The lowest BCUT2D eigenvalue weighted by molar-refractivity contribution is -0.0151. The Hall–Kier alpha value is -0.120. The van der Waals surface area contributed by atoms with E-state index in [2.05, 4.69) is 25.8 Å². The molecule has 2 fully saturated rings. The Morgan fingerprint density at radius 3 is 2.32 bits per heavy atom. The van der Waals surface area contributed by atoms with Crippen LogP contribution < -0.4 is 5.73 Å². The molecule has 0 spiro atoms. The second-order valence-electron chi connectivity index (χ2n) is 6.61. The van der Waals surface area contributed by atoms with Crippen molar-refractivity contribution in [3.63, 3.8) is 0 Å². The van der Waals surface area contributed by atoms with Crippen LogP contribution in [-0.2, 0) is 4.74 Å². The molecule has 1 heterocycles. The maximum absolute atomic E-state index is 6.05. The topological polar surface area (TPSA) is 38.5 Å². The molecule has 2 N–H and O–H groups in total. The van der Waals surface area contributed by atoms with E-state index in [0.717, 1.165) is 18.5 Å². The van der Waals surface area contributed by atoms with Gasteiger partial charge < -0.3 is 10.5 Å². The Morgan fingerprint density at radius 2 is 1.84 bits per heavy atom. The number of hydrogen-bond acceptors (Lipinski definition) is 3. The fourth-order valence-corrected chi connectivity index (χ4v) is 3.93. The molecule has 0 aromatic heterocycles. The zero-order valence-corrected chi connectivity index (χ0v) is 13.0. The highest BCUT2D eigenvalue weighted by Crippen LogP contribution is 2.32. The Morgan fingerprint density at radius 1 is 1.16 bits per heavy atom. The van der Waals surface area contributed by atoms with Crippen molar-refractivity contribution in [2.45, 2.75) is 83.1 Å². The molecule has 2 rings (SSSR count). The Balaban J connectivity index is 1.88. The fourth-order valence-electron chi connectivity index (χ4n) is 3.93. The normalized spacial score (nSPS) is 37.7. The van der Waals surface area contributed by atoms with E-state index in [1.165, 1.54) is 44.9 Å². The second-order valence-corrected chi connectivity index (χ2v) is 6.61. The van der Waals surface area contributed by atoms with Gasteiger partial charge in [-0.2, -0.15) is 0 Å². The van der Waals surface area contributed by atoms with Crippen LogP contribution in [0.4, 0.5) is 0 Å². The van der Waals surface area contributed by atoms with Crippen LogP contribution >= 0.6 is 0 Å². The van der Waals surface area contributed by atoms with Crippen molar-refractivity contribution in [1.29, 1.82) is 0 Å². The minimum Gasteiger partial charge on any atom is -0.374 e. The minimum atomic E-state index is 0.355. The van der Waals surface area contributed by atoms with E-state index in [1.54, 1.807) is 0 Å². The summed E-state index contributed by atoms with van der Waals surface area (Å²) in [5.41, 5.74) is 6.04. The molecule has 2 aliphatic rings. The SMILES string of the molecule is CCC1CCC(N(C)C(CN)C2CCC(C)O2)CC1. The molecule has 0 aromatic carbocycles. The van der Waals surface area contributed by atoms with Gasteiger partial charge >= 0.3 is 0 Å². The van der Waals surface area contributed by atoms with Gasteiger partial charge in [0.1, 0.15) is 0 Å². The van der Waals surface area contributed by atoms with Crippen LogP contribution in [0.25, 0.3) is 0 Å². The van der Waals surface area contributed by atoms with Crippen LogP contribution in [-0.4, -0.2) is 42.8 Å². The van der Waals surface area contributed by atoms with E-state index < -0.39 is 0 Å². The van der Waals surface area contributed by atoms with E-state index in [0.29, 0.717) is 18.2 Å². The Labute approximate surface area is 118 Å². The van der Waals surface area contributed by atoms with E-state index in [4.69, 9.17) is 10.5 Å². The van der Waals surface area contributed by atoms with Crippen molar-refractivity contribution in [1.82, 2.24) is 4.90 Å². The molecular formula is C16H32N2O. The summed E-state index contributed by atoms with van der Waals surface area (Å²) in [6, 6.07) is 1.13. The molecule has 19 heavy (non-hydrogen) atoms. The van der Waals surface area contributed by atoms with Crippen molar-refractivity contribution in [2.24, 2.45) is 11.7 Å². The van der Waals surface area contributed by atoms with E-state index in [1.807, 2.05) is 0 Å². The van der Waals surface area contributed by atoms with Gasteiger partial charge in [0, 0.05) is 18.6 Å². The van der Waals surface area contributed by atoms with Gasteiger partial charge in [0.05, 0.1) is 12.2 Å². The summed E-state index contributed by atoms with van der Waals surface area (Å²) in [6.45, 7) is 5.23. The maximum atomic E-state index is 6.05. The van der Waals surface area contributed by atoms with Gasteiger partial charge in [-0.05, 0) is 58.4 Å². The lowest BCUT2D eigenvalue weighted by atomic mass is 9.83. The summed E-state index contributed by atoms with van der Waals surface area (Å²) in [7, 11) is 2.26. The molecule has 0 bridgehead atoms. The molecular weight excluding hydrogens is 236 g/mol. The predicted molar refractivity (Wildman–Crippen MR) is 80.2 cm³/mol. The molecule has 3 unspecified atom stereocenters. The van der Waals surface area contributed by atoms with Gasteiger partial charge in [-0.1, -0.05) is 13.3 Å². The third kappa shape index (κ3) is 3.71. The van der Waals surface area contributed by atoms with Crippen LogP contribution in [0.5, 0.6) is 0 Å². The number of ether oxygens (including phenoxy) is 1. The molecule has 3 atom stereocenters. The third-order valence-corrected chi connectivity index (χ3v) is 5.43. The standard InChI is InChI=1S/C16H32N2O/c1-4-13-6-8-14(9-7-13)18(3)15(11-17)16-10-5-12(2)19-16/h12-16H,4-11,17H2,1-3H3. The highest BCUT2D eigenvalue weighted by molar-refractivity contribution is 4.89. The molecule has 1 saturated heterocycles. The molecule has 0 radical (unpaired) electrons. The zero-order chi connectivity index (χ0) is 13.8. The average molecular weight is 268 g/mol. The summed E-state index contributed by atoms with van der Waals surface area (Å²) in [6.07, 6.45) is 9.96. The largest absolute Gasteiger partial charge is 0.374 e. The molecule has 3 heteroatoms.